The third-order valence-electron chi connectivity index (χ3n) is 2.08. The molecule has 0 saturated heterocycles. The molecular weight excluding hydrogens is 246 g/mol. The second-order valence-corrected chi connectivity index (χ2v) is 4.39. The van der Waals surface area contributed by atoms with Gasteiger partial charge in [0.1, 0.15) is 5.75 Å². The van der Waals surface area contributed by atoms with E-state index in [4.69, 9.17) is 9.84 Å². The lowest BCUT2D eigenvalue weighted by Gasteiger charge is -2.09. The summed E-state index contributed by atoms with van der Waals surface area (Å²) < 4.78 is 5.50. The summed E-state index contributed by atoms with van der Waals surface area (Å²) in [4.78, 5) is 21.6. The average Bonchev–Trinajstić information content (AvgIpc) is 2.35. The summed E-state index contributed by atoms with van der Waals surface area (Å²) in [6.45, 7) is 4.75. The zero-order valence-electron chi connectivity index (χ0n) is 10.9. The number of ether oxygens (including phenoxy) is 1. The van der Waals surface area contributed by atoms with Crippen LogP contribution >= 0.6 is 0 Å². The molecule has 19 heavy (non-hydrogen) atoms. The highest BCUT2D eigenvalue weighted by Gasteiger charge is 2.00. The van der Waals surface area contributed by atoms with Gasteiger partial charge in [-0.2, -0.15) is 0 Å². The van der Waals surface area contributed by atoms with Crippen LogP contribution in [0.3, 0.4) is 0 Å². The number of hydrogen-bond acceptors (Lipinski definition) is 3. The van der Waals surface area contributed by atoms with E-state index in [2.05, 4.69) is 19.2 Å². The van der Waals surface area contributed by atoms with Crippen molar-refractivity contribution in [2.45, 2.75) is 13.8 Å². The van der Waals surface area contributed by atoms with Gasteiger partial charge in [-0.3, -0.25) is 4.79 Å². The fourth-order valence-electron chi connectivity index (χ4n) is 1.23. The molecule has 1 aromatic rings. The minimum Gasteiger partial charge on any atom is -0.493 e. The second-order valence-electron chi connectivity index (χ2n) is 4.39. The Morgan fingerprint density at radius 2 is 1.89 bits per heavy atom. The predicted molar refractivity (Wildman–Crippen MR) is 72.2 cm³/mol. The first-order chi connectivity index (χ1) is 8.97. The van der Waals surface area contributed by atoms with Crippen molar-refractivity contribution < 1.29 is 19.4 Å². The molecule has 0 fully saturated rings. The zero-order chi connectivity index (χ0) is 14.3. The van der Waals surface area contributed by atoms with Gasteiger partial charge in [-0.15, -0.1) is 0 Å². The minimum absolute atomic E-state index is 0.445. The van der Waals surface area contributed by atoms with E-state index in [1.807, 2.05) is 0 Å². The van der Waals surface area contributed by atoms with Gasteiger partial charge >= 0.3 is 5.97 Å². The van der Waals surface area contributed by atoms with Crippen LogP contribution in [0.2, 0.25) is 0 Å². The Hall–Kier alpha value is -2.30. The molecule has 0 radical (unpaired) electrons. The smallest absolute Gasteiger partial charge is 0.328 e. The molecule has 1 amide bonds. The third-order valence-corrected chi connectivity index (χ3v) is 2.08. The Balaban J connectivity index is 2.52. The maximum atomic E-state index is 11.3. The molecule has 0 heterocycles. The van der Waals surface area contributed by atoms with E-state index < -0.39 is 11.9 Å². The largest absolute Gasteiger partial charge is 0.493 e. The van der Waals surface area contributed by atoms with Crippen LogP contribution in [-0.4, -0.2) is 23.6 Å². The molecule has 0 aliphatic rings. The summed E-state index contributed by atoms with van der Waals surface area (Å²) >= 11 is 0. The highest BCUT2D eigenvalue weighted by atomic mass is 16.5. The van der Waals surface area contributed by atoms with Crippen LogP contribution in [-0.2, 0) is 9.59 Å². The molecule has 0 bridgehead atoms. The van der Waals surface area contributed by atoms with Crippen molar-refractivity contribution in [3.63, 3.8) is 0 Å². The summed E-state index contributed by atoms with van der Waals surface area (Å²) in [7, 11) is 0. The fourth-order valence-corrected chi connectivity index (χ4v) is 1.23. The van der Waals surface area contributed by atoms with Gasteiger partial charge in [-0.25, -0.2) is 4.79 Å². The average molecular weight is 263 g/mol. The lowest BCUT2D eigenvalue weighted by Crippen LogP contribution is -2.09. The first kappa shape index (κ1) is 14.8. The summed E-state index contributed by atoms with van der Waals surface area (Å²) in [6.07, 6.45) is 1.75. The molecule has 0 aromatic heterocycles. The second kappa shape index (κ2) is 7.20. The van der Waals surface area contributed by atoms with E-state index in [1.54, 1.807) is 24.3 Å². The Morgan fingerprint density at radius 1 is 1.26 bits per heavy atom. The van der Waals surface area contributed by atoms with Crippen molar-refractivity contribution in [2.75, 3.05) is 11.9 Å². The van der Waals surface area contributed by atoms with E-state index in [0.29, 0.717) is 18.2 Å². The molecule has 2 N–H and O–H groups in total. The molecule has 1 aromatic carbocycles. The number of carboxylic acid groups (broad SMARTS) is 1. The SMILES string of the molecule is CC(C)COc1ccc(NC(=O)C=CC(=O)O)cc1. The Morgan fingerprint density at radius 3 is 2.42 bits per heavy atom. The number of benzene rings is 1. The Kier molecular flexibility index (Phi) is 5.60. The van der Waals surface area contributed by atoms with Crippen LogP contribution in [0.15, 0.2) is 36.4 Å². The van der Waals surface area contributed by atoms with Gasteiger partial charge in [-0.1, -0.05) is 13.8 Å². The van der Waals surface area contributed by atoms with E-state index in [1.165, 1.54) is 0 Å². The molecule has 1 rings (SSSR count). The highest BCUT2D eigenvalue weighted by molar-refractivity contribution is 6.02. The van der Waals surface area contributed by atoms with Gasteiger partial charge in [-0.05, 0) is 30.2 Å². The maximum Gasteiger partial charge on any atom is 0.328 e. The molecule has 0 saturated carbocycles. The number of aliphatic carboxylic acids is 1. The van der Waals surface area contributed by atoms with Crippen LogP contribution in [0.5, 0.6) is 5.75 Å². The summed E-state index contributed by atoms with van der Waals surface area (Å²) in [5, 5.41) is 10.9. The van der Waals surface area contributed by atoms with Gasteiger partial charge in [0, 0.05) is 17.8 Å². The van der Waals surface area contributed by atoms with E-state index in [-0.39, 0.29) is 0 Å². The number of rotatable bonds is 6. The van der Waals surface area contributed by atoms with Gasteiger partial charge in [0.2, 0.25) is 5.91 Å². The van der Waals surface area contributed by atoms with E-state index >= 15 is 0 Å². The quantitative estimate of drug-likeness (QED) is 0.772. The molecule has 5 heteroatoms. The van der Waals surface area contributed by atoms with Crippen LogP contribution in [0.25, 0.3) is 0 Å². The monoisotopic (exact) mass is 263 g/mol. The molecule has 0 unspecified atom stereocenters. The van der Waals surface area contributed by atoms with Crippen LogP contribution < -0.4 is 10.1 Å². The van der Waals surface area contributed by atoms with Gasteiger partial charge in [0.15, 0.2) is 0 Å². The molecule has 0 aliphatic heterocycles. The topological polar surface area (TPSA) is 75.6 Å². The van der Waals surface area contributed by atoms with Gasteiger partial charge < -0.3 is 15.2 Å². The number of anilines is 1. The first-order valence-electron chi connectivity index (χ1n) is 5.92. The van der Waals surface area contributed by atoms with Crippen molar-refractivity contribution in [3.8, 4) is 5.75 Å². The lowest BCUT2D eigenvalue weighted by atomic mass is 10.2. The number of carboxylic acids is 1. The molecule has 0 aliphatic carbocycles. The van der Waals surface area contributed by atoms with Gasteiger partial charge in [0.05, 0.1) is 6.61 Å². The highest BCUT2D eigenvalue weighted by Crippen LogP contribution is 2.16. The molecule has 102 valence electrons. The standard InChI is InChI=1S/C14H17NO4/c1-10(2)9-19-12-5-3-11(4-6-12)15-13(16)7-8-14(17)18/h3-8,10H,9H2,1-2H3,(H,15,16)(H,17,18). The van der Waals surface area contributed by atoms with Crippen LogP contribution in [0, 0.1) is 5.92 Å². The number of amides is 1. The van der Waals surface area contributed by atoms with Gasteiger partial charge in [0.25, 0.3) is 0 Å². The Labute approximate surface area is 111 Å². The number of hydrogen-bond donors (Lipinski definition) is 2. The normalized spacial score (nSPS) is 10.7. The van der Waals surface area contributed by atoms with Crippen LogP contribution in [0.4, 0.5) is 5.69 Å². The first-order valence-corrected chi connectivity index (χ1v) is 5.92. The van der Waals surface area contributed by atoms with E-state index in [9.17, 15) is 9.59 Å². The number of carbonyl (C=O) groups is 2. The van der Waals surface area contributed by atoms with Crippen molar-refractivity contribution in [3.05, 3.63) is 36.4 Å². The minimum atomic E-state index is -1.16. The van der Waals surface area contributed by atoms with Crippen molar-refractivity contribution >= 4 is 17.6 Å². The third kappa shape index (κ3) is 6.26. The van der Waals surface area contributed by atoms with Crippen LogP contribution in [0.1, 0.15) is 13.8 Å². The maximum absolute atomic E-state index is 11.3. The molecular formula is C14H17NO4. The van der Waals surface area contributed by atoms with Crippen molar-refractivity contribution in [1.29, 1.82) is 0 Å². The zero-order valence-corrected chi connectivity index (χ0v) is 10.9. The van der Waals surface area contributed by atoms with Crippen molar-refractivity contribution in [1.82, 2.24) is 0 Å². The summed E-state index contributed by atoms with van der Waals surface area (Å²) in [6, 6.07) is 6.89. The molecule has 0 atom stereocenters. The molecule has 0 spiro atoms. The summed E-state index contributed by atoms with van der Waals surface area (Å²) in [5.41, 5.74) is 0.580. The van der Waals surface area contributed by atoms with E-state index in [0.717, 1.165) is 17.9 Å². The lowest BCUT2D eigenvalue weighted by molar-refractivity contribution is -0.131. The number of nitrogens with one attached hydrogen (secondary N) is 1. The fraction of sp³-hybridized carbons (Fsp3) is 0.286. The Bertz CT molecular complexity index is 463. The number of carbonyl (C=O) groups excluding carboxylic acids is 1. The summed E-state index contributed by atoms with van der Waals surface area (Å²) in [5.74, 6) is -0.473. The predicted octanol–water partition coefficient (Wildman–Crippen LogP) is 2.30. The van der Waals surface area contributed by atoms with Crippen molar-refractivity contribution in [2.24, 2.45) is 5.92 Å². The molecule has 5 nitrogen and oxygen atoms in total.